The van der Waals surface area contributed by atoms with Crippen molar-refractivity contribution >= 4 is 23.2 Å². The molecule has 0 spiro atoms. The summed E-state index contributed by atoms with van der Waals surface area (Å²) in [6.45, 7) is 0. The quantitative estimate of drug-likeness (QED) is 0.784. The Hall–Kier alpha value is -2.08. The zero-order valence-electron chi connectivity index (χ0n) is 10.9. The standard InChI is InChI=1S/C14H10ClF3N2O/c1-20(11-7-4-8-19-12(11)15)13(21)9-5-2-3-6-10(9)14(16,17)18/h2-8H,1H3. The molecule has 0 fully saturated rings. The summed E-state index contributed by atoms with van der Waals surface area (Å²) < 4.78 is 38.8. The molecule has 0 N–H and O–H groups in total. The van der Waals surface area contributed by atoms with Crippen molar-refractivity contribution < 1.29 is 18.0 Å². The molecule has 0 saturated carbocycles. The molecule has 0 bridgehead atoms. The third-order valence-electron chi connectivity index (χ3n) is 2.87. The van der Waals surface area contributed by atoms with Gasteiger partial charge >= 0.3 is 6.18 Å². The first kappa shape index (κ1) is 15.3. The Morgan fingerprint density at radius 3 is 2.48 bits per heavy atom. The Morgan fingerprint density at radius 2 is 1.86 bits per heavy atom. The van der Waals surface area contributed by atoms with Gasteiger partial charge in [-0.3, -0.25) is 4.79 Å². The second-order valence-corrected chi connectivity index (χ2v) is 4.58. The van der Waals surface area contributed by atoms with Gasteiger partial charge in [0.1, 0.15) is 0 Å². The van der Waals surface area contributed by atoms with Crippen LogP contribution in [0.4, 0.5) is 18.9 Å². The number of aromatic nitrogens is 1. The van der Waals surface area contributed by atoms with E-state index >= 15 is 0 Å². The molecule has 3 nitrogen and oxygen atoms in total. The summed E-state index contributed by atoms with van der Waals surface area (Å²) >= 11 is 5.85. The van der Waals surface area contributed by atoms with Crippen LogP contribution in [0.3, 0.4) is 0 Å². The third-order valence-corrected chi connectivity index (χ3v) is 3.16. The van der Waals surface area contributed by atoms with Crippen LogP contribution < -0.4 is 4.90 Å². The molecule has 0 aliphatic carbocycles. The average molecular weight is 315 g/mol. The van der Waals surface area contributed by atoms with Crippen LogP contribution in [0, 0.1) is 0 Å². The van der Waals surface area contributed by atoms with Gasteiger partial charge in [0, 0.05) is 13.2 Å². The molecule has 0 aliphatic rings. The van der Waals surface area contributed by atoms with Gasteiger partial charge in [-0.1, -0.05) is 23.7 Å². The molecular formula is C14H10ClF3N2O. The molecule has 0 atom stereocenters. The molecule has 0 radical (unpaired) electrons. The molecule has 1 aromatic carbocycles. The summed E-state index contributed by atoms with van der Waals surface area (Å²) in [6, 6.07) is 7.65. The molecule has 2 aromatic rings. The van der Waals surface area contributed by atoms with Crippen LogP contribution >= 0.6 is 11.6 Å². The molecule has 0 aliphatic heterocycles. The predicted molar refractivity (Wildman–Crippen MR) is 73.4 cm³/mol. The van der Waals surface area contributed by atoms with E-state index < -0.39 is 23.2 Å². The van der Waals surface area contributed by atoms with Crippen molar-refractivity contribution in [3.05, 3.63) is 58.9 Å². The molecule has 21 heavy (non-hydrogen) atoms. The lowest BCUT2D eigenvalue weighted by Gasteiger charge is -2.20. The first-order valence-corrected chi connectivity index (χ1v) is 6.25. The Balaban J connectivity index is 2.44. The van der Waals surface area contributed by atoms with E-state index in [1.54, 1.807) is 6.07 Å². The van der Waals surface area contributed by atoms with Crippen LogP contribution in [-0.2, 0) is 6.18 Å². The number of rotatable bonds is 2. The fraction of sp³-hybridized carbons (Fsp3) is 0.143. The van der Waals surface area contributed by atoms with E-state index in [2.05, 4.69) is 4.98 Å². The first-order chi connectivity index (χ1) is 9.82. The number of hydrogen-bond donors (Lipinski definition) is 0. The molecule has 110 valence electrons. The van der Waals surface area contributed by atoms with Crippen LogP contribution in [0.2, 0.25) is 5.15 Å². The second-order valence-electron chi connectivity index (χ2n) is 4.22. The zero-order chi connectivity index (χ0) is 15.6. The number of nitrogens with zero attached hydrogens (tertiary/aromatic N) is 2. The number of amides is 1. The number of carbonyl (C=O) groups is 1. The molecule has 0 unspecified atom stereocenters. The van der Waals surface area contributed by atoms with Gasteiger partial charge in [-0.2, -0.15) is 13.2 Å². The van der Waals surface area contributed by atoms with Gasteiger partial charge in [-0.25, -0.2) is 4.98 Å². The van der Waals surface area contributed by atoms with Gasteiger partial charge in [0.05, 0.1) is 16.8 Å². The molecule has 1 heterocycles. The monoisotopic (exact) mass is 314 g/mol. The maximum absolute atomic E-state index is 12.9. The van der Waals surface area contributed by atoms with Crippen molar-refractivity contribution in [1.29, 1.82) is 0 Å². The number of benzene rings is 1. The van der Waals surface area contributed by atoms with Crippen LogP contribution in [0.1, 0.15) is 15.9 Å². The second kappa shape index (κ2) is 5.73. The smallest absolute Gasteiger partial charge is 0.309 e. The van der Waals surface area contributed by atoms with Gasteiger partial charge in [0.2, 0.25) is 0 Å². The lowest BCUT2D eigenvalue weighted by Crippen LogP contribution is -2.29. The largest absolute Gasteiger partial charge is 0.417 e. The van der Waals surface area contributed by atoms with Crippen molar-refractivity contribution in [1.82, 2.24) is 4.98 Å². The van der Waals surface area contributed by atoms with Gasteiger partial charge in [-0.05, 0) is 24.3 Å². The van der Waals surface area contributed by atoms with Crippen molar-refractivity contribution in [3.8, 4) is 0 Å². The topological polar surface area (TPSA) is 33.2 Å². The van der Waals surface area contributed by atoms with E-state index in [1.165, 1.54) is 31.4 Å². The highest BCUT2D eigenvalue weighted by Crippen LogP contribution is 2.33. The summed E-state index contributed by atoms with van der Waals surface area (Å²) in [5, 5.41) is 0.0397. The normalized spacial score (nSPS) is 11.3. The van der Waals surface area contributed by atoms with E-state index in [0.717, 1.165) is 17.0 Å². The van der Waals surface area contributed by atoms with Crippen LogP contribution in [0.25, 0.3) is 0 Å². The number of anilines is 1. The van der Waals surface area contributed by atoms with E-state index in [1.807, 2.05) is 0 Å². The maximum Gasteiger partial charge on any atom is 0.417 e. The van der Waals surface area contributed by atoms with Gasteiger partial charge < -0.3 is 4.90 Å². The number of carbonyl (C=O) groups excluding carboxylic acids is 1. The Bertz CT molecular complexity index is 673. The van der Waals surface area contributed by atoms with E-state index in [4.69, 9.17) is 11.6 Å². The lowest BCUT2D eigenvalue weighted by molar-refractivity contribution is -0.137. The molecule has 1 amide bonds. The SMILES string of the molecule is CN(C(=O)c1ccccc1C(F)(F)F)c1cccnc1Cl. The Labute approximate surface area is 124 Å². The lowest BCUT2D eigenvalue weighted by atomic mass is 10.1. The highest BCUT2D eigenvalue weighted by Gasteiger charge is 2.35. The summed E-state index contributed by atoms with van der Waals surface area (Å²) in [5.74, 6) is -0.808. The molecule has 2 rings (SSSR count). The predicted octanol–water partition coefficient (Wildman–Crippen LogP) is 4.03. The highest BCUT2D eigenvalue weighted by molar-refractivity contribution is 6.32. The van der Waals surface area contributed by atoms with Crippen LogP contribution in [0.15, 0.2) is 42.6 Å². The Morgan fingerprint density at radius 1 is 1.19 bits per heavy atom. The minimum absolute atomic E-state index is 0.0397. The maximum atomic E-state index is 12.9. The number of alkyl halides is 3. The van der Waals surface area contributed by atoms with Crippen molar-refractivity contribution in [2.45, 2.75) is 6.18 Å². The van der Waals surface area contributed by atoms with Gasteiger partial charge in [0.25, 0.3) is 5.91 Å². The van der Waals surface area contributed by atoms with E-state index in [-0.39, 0.29) is 10.8 Å². The molecular weight excluding hydrogens is 305 g/mol. The van der Waals surface area contributed by atoms with E-state index in [0.29, 0.717) is 0 Å². The fourth-order valence-electron chi connectivity index (χ4n) is 1.83. The fourth-order valence-corrected chi connectivity index (χ4v) is 2.08. The average Bonchev–Trinajstić information content (AvgIpc) is 2.45. The number of hydrogen-bond acceptors (Lipinski definition) is 2. The number of halogens is 4. The van der Waals surface area contributed by atoms with Crippen LogP contribution in [-0.4, -0.2) is 17.9 Å². The molecule has 0 saturated heterocycles. The number of pyridine rings is 1. The van der Waals surface area contributed by atoms with Crippen molar-refractivity contribution in [2.75, 3.05) is 11.9 Å². The summed E-state index contributed by atoms with van der Waals surface area (Å²) in [7, 11) is 1.35. The molecule has 7 heteroatoms. The summed E-state index contributed by atoms with van der Waals surface area (Å²) in [5.41, 5.74) is -1.18. The van der Waals surface area contributed by atoms with Crippen molar-refractivity contribution in [3.63, 3.8) is 0 Å². The minimum Gasteiger partial charge on any atom is -0.309 e. The Kier molecular flexibility index (Phi) is 4.18. The first-order valence-electron chi connectivity index (χ1n) is 5.87. The van der Waals surface area contributed by atoms with E-state index in [9.17, 15) is 18.0 Å². The third kappa shape index (κ3) is 3.16. The minimum atomic E-state index is -4.61. The summed E-state index contributed by atoms with van der Waals surface area (Å²) in [6.07, 6.45) is -3.18. The zero-order valence-corrected chi connectivity index (χ0v) is 11.6. The molecule has 1 aromatic heterocycles. The summed E-state index contributed by atoms with van der Waals surface area (Å²) in [4.78, 5) is 17.1. The van der Waals surface area contributed by atoms with Gasteiger partial charge in [-0.15, -0.1) is 0 Å². The highest BCUT2D eigenvalue weighted by atomic mass is 35.5. The van der Waals surface area contributed by atoms with Crippen LogP contribution in [0.5, 0.6) is 0 Å². The van der Waals surface area contributed by atoms with Crippen molar-refractivity contribution in [2.24, 2.45) is 0 Å². The van der Waals surface area contributed by atoms with Gasteiger partial charge in [0.15, 0.2) is 5.15 Å².